The molecular formula is C25H23ClN3O4+. The number of halogens is 1. The molecule has 3 aromatic carbocycles. The Morgan fingerprint density at radius 2 is 1.70 bits per heavy atom. The molecule has 1 aliphatic rings. The highest BCUT2D eigenvalue weighted by molar-refractivity contribution is 6.30. The second kappa shape index (κ2) is 9.75. The second-order valence-electron chi connectivity index (χ2n) is 7.47. The van der Waals surface area contributed by atoms with Crippen molar-refractivity contribution in [1.82, 2.24) is 10.7 Å². The Hall–Kier alpha value is -3.84. The molecule has 168 valence electrons. The third-order valence-electron chi connectivity index (χ3n) is 5.37. The van der Waals surface area contributed by atoms with Gasteiger partial charge in [0.25, 0.3) is 5.91 Å². The first-order chi connectivity index (χ1) is 16.0. The van der Waals surface area contributed by atoms with E-state index in [9.17, 15) is 9.59 Å². The largest absolute Gasteiger partial charge is 0.497 e. The first-order valence-electron chi connectivity index (χ1n) is 10.3. The van der Waals surface area contributed by atoms with Crippen molar-refractivity contribution in [1.29, 1.82) is 0 Å². The minimum atomic E-state index is -0.830. The number of carbonyl (C=O) groups excluding carboxylic acids is 2. The van der Waals surface area contributed by atoms with Gasteiger partial charge in [-0.3, -0.25) is 9.59 Å². The summed E-state index contributed by atoms with van der Waals surface area (Å²) in [6.07, 6.45) is 1.81. The number of hydrazine groups is 1. The van der Waals surface area contributed by atoms with E-state index in [0.717, 1.165) is 11.1 Å². The van der Waals surface area contributed by atoms with E-state index >= 15 is 0 Å². The van der Waals surface area contributed by atoms with Gasteiger partial charge in [0.15, 0.2) is 6.04 Å². The van der Waals surface area contributed by atoms with Crippen molar-refractivity contribution in [2.45, 2.75) is 12.1 Å². The van der Waals surface area contributed by atoms with Crippen molar-refractivity contribution in [3.05, 3.63) is 94.5 Å². The zero-order valence-corrected chi connectivity index (χ0v) is 18.9. The number of hydrogen-bond acceptors (Lipinski definition) is 4. The van der Waals surface area contributed by atoms with Gasteiger partial charge in [-0.25, -0.2) is 0 Å². The van der Waals surface area contributed by atoms with E-state index in [1.54, 1.807) is 43.2 Å². The summed E-state index contributed by atoms with van der Waals surface area (Å²) in [5, 5.41) is 3.40. The molecule has 1 heterocycles. The standard InChI is InChI=1S/C25H22ClN3O4/c1-32-20-12-8-17(9-13-20)23-22(27-24(30)18-6-10-19(26)11-7-18)25(31)28-29(23)15-16-4-3-5-21(14-16)33-2/h3-15,22-23H,1-2H3,(H-,27,28,30,31)/p+1/b29-15-/t22-,23+/m0/s1. The predicted molar refractivity (Wildman–Crippen MR) is 125 cm³/mol. The van der Waals surface area contributed by atoms with Gasteiger partial charge in [0, 0.05) is 21.7 Å². The van der Waals surface area contributed by atoms with Crippen LogP contribution in [0.2, 0.25) is 5.02 Å². The van der Waals surface area contributed by atoms with Crippen molar-refractivity contribution < 1.29 is 23.7 Å². The van der Waals surface area contributed by atoms with Crippen molar-refractivity contribution in [3.8, 4) is 11.5 Å². The Bertz CT molecular complexity index is 1190. The van der Waals surface area contributed by atoms with Gasteiger partial charge in [0.2, 0.25) is 12.3 Å². The molecule has 0 radical (unpaired) electrons. The van der Waals surface area contributed by atoms with Crippen LogP contribution in [0.15, 0.2) is 72.8 Å². The van der Waals surface area contributed by atoms with Crippen LogP contribution in [0.3, 0.4) is 0 Å². The normalized spacial score (nSPS) is 18.6. The van der Waals surface area contributed by atoms with Gasteiger partial charge in [0.05, 0.1) is 14.2 Å². The molecule has 2 N–H and O–H groups in total. The molecule has 7 nitrogen and oxygen atoms in total. The summed E-state index contributed by atoms with van der Waals surface area (Å²) in [6, 6.07) is 20.0. The SMILES string of the molecule is COc1ccc([C@@H]2[C@H](NC(=O)c3ccc(Cl)cc3)C(=O)N/[N+]2=C\c2cccc(OC)c2)cc1. The third-order valence-corrected chi connectivity index (χ3v) is 5.62. The lowest BCUT2D eigenvalue weighted by Crippen LogP contribution is -2.42. The highest BCUT2D eigenvalue weighted by atomic mass is 35.5. The minimum Gasteiger partial charge on any atom is -0.497 e. The Kier molecular flexibility index (Phi) is 6.60. The summed E-state index contributed by atoms with van der Waals surface area (Å²) in [5.74, 6) is 0.704. The molecule has 1 aliphatic heterocycles. The topological polar surface area (TPSA) is 79.7 Å². The van der Waals surface area contributed by atoms with Crippen LogP contribution in [0.25, 0.3) is 0 Å². The number of carbonyl (C=O) groups is 2. The summed E-state index contributed by atoms with van der Waals surface area (Å²) in [6.45, 7) is 0. The van der Waals surface area contributed by atoms with E-state index in [1.165, 1.54) is 0 Å². The number of ether oxygens (including phenoxy) is 2. The smallest absolute Gasteiger partial charge is 0.304 e. The molecule has 8 heteroatoms. The predicted octanol–water partition coefficient (Wildman–Crippen LogP) is 3.37. The molecule has 1 fully saturated rings. The lowest BCUT2D eigenvalue weighted by Gasteiger charge is -2.15. The number of hydrazone groups is 1. The maximum Gasteiger partial charge on any atom is 0.304 e. The van der Waals surface area contributed by atoms with Crippen molar-refractivity contribution >= 4 is 29.6 Å². The molecule has 0 spiro atoms. The average Bonchev–Trinajstić information content (AvgIpc) is 3.13. The molecule has 0 saturated carbocycles. The number of amides is 2. The van der Waals surface area contributed by atoms with Crippen LogP contribution in [0, 0.1) is 0 Å². The van der Waals surface area contributed by atoms with Gasteiger partial charge in [-0.1, -0.05) is 17.7 Å². The fourth-order valence-corrected chi connectivity index (χ4v) is 3.82. The maximum absolute atomic E-state index is 13.0. The van der Waals surface area contributed by atoms with E-state index in [2.05, 4.69) is 10.7 Å². The molecule has 3 aromatic rings. The first kappa shape index (κ1) is 22.4. The molecule has 4 rings (SSSR count). The number of benzene rings is 3. The molecule has 1 saturated heterocycles. The third kappa shape index (κ3) is 4.99. The summed E-state index contributed by atoms with van der Waals surface area (Å²) in [5.41, 5.74) is 4.94. The van der Waals surface area contributed by atoms with E-state index in [4.69, 9.17) is 21.1 Å². The van der Waals surface area contributed by atoms with Gasteiger partial charge in [-0.2, -0.15) is 0 Å². The number of rotatable bonds is 6. The number of nitrogens with one attached hydrogen (secondary N) is 2. The van der Waals surface area contributed by atoms with E-state index < -0.39 is 12.1 Å². The lowest BCUT2D eigenvalue weighted by molar-refractivity contribution is -0.596. The molecule has 0 bridgehead atoms. The van der Waals surface area contributed by atoms with Crippen molar-refractivity contribution in [3.63, 3.8) is 0 Å². The van der Waals surface area contributed by atoms with Crippen LogP contribution in [-0.2, 0) is 4.79 Å². The summed E-state index contributed by atoms with van der Waals surface area (Å²) < 4.78 is 12.3. The molecular weight excluding hydrogens is 442 g/mol. The van der Waals surface area contributed by atoms with Gasteiger partial charge in [-0.15, -0.1) is 10.1 Å². The van der Waals surface area contributed by atoms with Gasteiger partial charge in [0.1, 0.15) is 11.5 Å². The monoisotopic (exact) mass is 464 g/mol. The average molecular weight is 465 g/mol. The Morgan fingerprint density at radius 1 is 1.00 bits per heavy atom. The fourth-order valence-electron chi connectivity index (χ4n) is 3.69. The lowest BCUT2D eigenvalue weighted by atomic mass is 9.99. The Labute approximate surface area is 196 Å². The molecule has 33 heavy (non-hydrogen) atoms. The summed E-state index contributed by atoms with van der Waals surface area (Å²) in [4.78, 5) is 25.9. The summed E-state index contributed by atoms with van der Waals surface area (Å²) in [7, 11) is 3.19. The van der Waals surface area contributed by atoms with Crippen LogP contribution in [0.5, 0.6) is 11.5 Å². The van der Waals surface area contributed by atoms with E-state index in [0.29, 0.717) is 22.1 Å². The summed E-state index contributed by atoms with van der Waals surface area (Å²) >= 11 is 5.93. The highest BCUT2D eigenvalue weighted by Gasteiger charge is 2.47. The Balaban J connectivity index is 1.70. The van der Waals surface area contributed by atoms with Crippen LogP contribution >= 0.6 is 11.6 Å². The van der Waals surface area contributed by atoms with Gasteiger partial charge >= 0.3 is 5.91 Å². The van der Waals surface area contributed by atoms with Crippen molar-refractivity contribution in [2.24, 2.45) is 0 Å². The van der Waals surface area contributed by atoms with Crippen LogP contribution < -0.4 is 20.2 Å². The molecule has 0 aromatic heterocycles. The fraction of sp³-hybridized carbons (Fsp3) is 0.160. The quantitative estimate of drug-likeness (QED) is 0.548. The highest BCUT2D eigenvalue weighted by Crippen LogP contribution is 2.27. The molecule has 2 atom stereocenters. The van der Waals surface area contributed by atoms with E-state index in [1.807, 2.05) is 54.7 Å². The molecule has 2 amide bonds. The van der Waals surface area contributed by atoms with Crippen LogP contribution in [0.4, 0.5) is 0 Å². The van der Waals surface area contributed by atoms with Gasteiger partial charge in [-0.05, 0) is 66.7 Å². The van der Waals surface area contributed by atoms with Crippen LogP contribution in [0.1, 0.15) is 27.5 Å². The van der Waals surface area contributed by atoms with Crippen LogP contribution in [-0.4, -0.2) is 43.0 Å². The molecule has 0 unspecified atom stereocenters. The van der Waals surface area contributed by atoms with Gasteiger partial charge < -0.3 is 14.8 Å². The van der Waals surface area contributed by atoms with E-state index in [-0.39, 0.29) is 11.8 Å². The number of nitrogens with zero attached hydrogens (tertiary/aromatic N) is 1. The zero-order chi connectivity index (χ0) is 23.4. The second-order valence-corrected chi connectivity index (χ2v) is 7.90. The molecule has 0 aliphatic carbocycles. The number of methoxy groups -OCH3 is 2. The van der Waals surface area contributed by atoms with Crippen molar-refractivity contribution in [2.75, 3.05) is 14.2 Å². The first-order valence-corrected chi connectivity index (χ1v) is 10.6. The Morgan fingerprint density at radius 3 is 2.36 bits per heavy atom. The number of hydrogen-bond donors (Lipinski definition) is 2. The maximum atomic E-state index is 13.0. The minimum absolute atomic E-state index is 0.322. The zero-order valence-electron chi connectivity index (χ0n) is 18.1.